The number of rotatable bonds is 3. The second-order valence-corrected chi connectivity index (χ2v) is 6.98. The first-order chi connectivity index (χ1) is 10.1. The summed E-state index contributed by atoms with van der Waals surface area (Å²) in [6.45, 7) is 6.18. The number of benzene rings is 1. The fourth-order valence-electron chi connectivity index (χ4n) is 2.39. The number of hydrogen-bond acceptors (Lipinski definition) is 4. The summed E-state index contributed by atoms with van der Waals surface area (Å²) >= 11 is 3.01. The van der Waals surface area contributed by atoms with Crippen LogP contribution in [0.4, 0.5) is 5.13 Å². The Morgan fingerprint density at radius 3 is 2.90 bits per heavy atom. The van der Waals surface area contributed by atoms with E-state index in [0.29, 0.717) is 5.13 Å². The van der Waals surface area contributed by atoms with Crippen molar-refractivity contribution in [1.29, 1.82) is 0 Å². The molecule has 3 nitrogen and oxygen atoms in total. The number of aromatic nitrogens is 1. The zero-order valence-electron chi connectivity index (χ0n) is 12.2. The molecule has 0 aliphatic heterocycles. The summed E-state index contributed by atoms with van der Waals surface area (Å²) < 4.78 is 1.12. The van der Waals surface area contributed by atoms with Crippen LogP contribution in [-0.2, 0) is 6.42 Å². The number of aryl methyl sites for hydroxylation is 3. The smallest absolute Gasteiger partial charge is 0.267 e. The van der Waals surface area contributed by atoms with Crippen LogP contribution in [0.3, 0.4) is 0 Å². The summed E-state index contributed by atoms with van der Waals surface area (Å²) in [5.74, 6) is -0.0599. The first-order valence-electron chi connectivity index (χ1n) is 6.84. The molecule has 0 atom stereocenters. The zero-order chi connectivity index (χ0) is 15.0. The van der Waals surface area contributed by atoms with Gasteiger partial charge in [0, 0.05) is 0 Å². The highest BCUT2D eigenvalue weighted by Gasteiger charge is 2.15. The molecule has 2 heterocycles. The van der Waals surface area contributed by atoms with Crippen molar-refractivity contribution < 1.29 is 4.79 Å². The predicted octanol–water partition coefficient (Wildman–Crippen LogP) is 4.79. The molecule has 21 heavy (non-hydrogen) atoms. The fraction of sp³-hybridized carbons (Fsp3) is 0.250. The molecule has 2 aromatic heterocycles. The number of fused-ring (bicyclic) bond motifs is 1. The van der Waals surface area contributed by atoms with Crippen LogP contribution in [0.15, 0.2) is 23.6 Å². The van der Waals surface area contributed by atoms with Gasteiger partial charge < -0.3 is 0 Å². The molecular weight excluding hydrogens is 300 g/mol. The van der Waals surface area contributed by atoms with Crippen LogP contribution >= 0.6 is 22.7 Å². The lowest BCUT2D eigenvalue weighted by atomic mass is 10.1. The summed E-state index contributed by atoms with van der Waals surface area (Å²) in [6, 6.07) is 6.23. The number of nitrogens with zero attached hydrogens (tertiary/aromatic N) is 1. The zero-order valence-corrected chi connectivity index (χ0v) is 13.8. The van der Waals surface area contributed by atoms with Crippen molar-refractivity contribution in [2.45, 2.75) is 27.2 Å². The Kier molecular flexibility index (Phi) is 3.78. The number of thiazole rings is 1. The number of hydrogen-bond donors (Lipinski definition) is 1. The highest BCUT2D eigenvalue weighted by molar-refractivity contribution is 7.22. The van der Waals surface area contributed by atoms with Crippen molar-refractivity contribution in [2.75, 3.05) is 5.32 Å². The van der Waals surface area contributed by atoms with Gasteiger partial charge in [-0.15, -0.1) is 11.3 Å². The standard InChI is InChI=1S/C16H16N2OS2/c1-4-11-5-6-20-14(11)15(19)18-16-17-13-10(3)7-9(2)8-12(13)21-16/h5-8H,4H2,1-3H3,(H,17,18,19). The van der Waals surface area contributed by atoms with Crippen LogP contribution in [-0.4, -0.2) is 10.9 Å². The molecule has 0 aliphatic carbocycles. The maximum atomic E-state index is 12.3. The SMILES string of the molecule is CCc1ccsc1C(=O)Nc1nc2c(C)cc(C)cc2s1. The van der Waals surface area contributed by atoms with Gasteiger partial charge >= 0.3 is 0 Å². The molecule has 0 saturated carbocycles. The van der Waals surface area contributed by atoms with Gasteiger partial charge in [0.05, 0.1) is 15.1 Å². The molecule has 3 rings (SSSR count). The molecule has 0 saturated heterocycles. The van der Waals surface area contributed by atoms with Crippen LogP contribution in [0.1, 0.15) is 33.3 Å². The lowest BCUT2D eigenvalue weighted by molar-refractivity contribution is 0.103. The molecule has 0 fully saturated rings. The molecular formula is C16H16N2OS2. The Balaban J connectivity index is 1.92. The second kappa shape index (κ2) is 5.58. The average Bonchev–Trinajstić information content (AvgIpc) is 3.04. The van der Waals surface area contributed by atoms with Crippen LogP contribution in [0.5, 0.6) is 0 Å². The highest BCUT2D eigenvalue weighted by Crippen LogP contribution is 2.30. The lowest BCUT2D eigenvalue weighted by Crippen LogP contribution is -2.11. The van der Waals surface area contributed by atoms with E-state index in [1.54, 1.807) is 0 Å². The normalized spacial score (nSPS) is 11.0. The van der Waals surface area contributed by atoms with Crippen LogP contribution in [0.25, 0.3) is 10.2 Å². The molecule has 0 radical (unpaired) electrons. The molecule has 0 bridgehead atoms. The molecule has 1 aromatic carbocycles. The number of carbonyl (C=O) groups excluding carboxylic acids is 1. The molecule has 108 valence electrons. The van der Waals surface area contributed by atoms with E-state index >= 15 is 0 Å². The van der Waals surface area contributed by atoms with Gasteiger partial charge in [-0.05, 0) is 54.5 Å². The van der Waals surface area contributed by atoms with Crippen molar-refractivity contribution in [3.05, 3.63) is 45.1 Å². The number of amides is 1. The summed E-state index contributed by atoms with van der Waals surface area (Å²) in [6.07, 6.45) is 0.865. The predicted molar refractivity (Wildman–Crippen MR) is 90.7 cm³/mol. The van der Waals surface area contributed by atoms with Crippen molar-refractivity contribution in [3.8, 4) is 0 Å². The monoisotopic (exact) mass is 316 g/mol. The van der Waals surface area contributed by atoms with Gasteiger partial charge in [0.1, 0.15) is 0 Å². The Bertz CT molecular complexity index is 817. The fourth-order valence-corrected chi connectivity index (χ4v) is 4.32. The number of nitrogens with one attached hydrogen (secondary N) is 1. The third-order valence-corrected chi connectivity index (χ3v) is 5.26. The quantitative estimate of drug-likeness (QED) is 0.755. The second-order valence-electron chi connectivity index (χ2n) is 5.03. The molecule has 0 spiro atoms. The van der Waals surface area contributed by atoms with Gasteiger partial charge in [0.15, 0.2) is 5.13 Å². The Labute approximate surface area is 131 Å². The third-order valence-electron chi connectivity index (χ3n) is 3.38. The summed E-state index contributed by atoms with van der Waals surface area (Å²) in [5, 5.41) is 5.56. The molecule has 0 unspecified atom stereocenters. The van der Waals surface area contributed by atoms with E-state index in [4.69, 9.17) is 0 Å². The Morgan fingerprint density at radius 2 is 2.14 bits per heavy atom. The number of anilines is 1. The van der Waals surface area contributed by atoms with Crippen molar-refractivity contribution in [2.24, 2.45) is 0 Å². The summed E-state index contributed by atoms with van der Waals surface area (Å²) in [4.78, 5) is 17.7. The molecule has 5 heteroatoms. The van der Waals surface area contributed by atoms with Gasteiger partial charge in [-0.1, -0.05) is 24.3 Å². The minimum atomic E-state index is -0.0599. The van der Waals surface area contributed by atoms with Crippen LogP contribution in [0.2, 0.25) is 0 Å². The largest absolute Gasteiger partial charge is 0.297 e. The van der Waals surface area contributed by atoms with Gasteiger partial charge in [0.25, 0.3) is 5.91 Å². The van der Waals surface area contributed by atoms with Gasteiger partial charge in [-0.25, -0.2) is 4.98 Å². The van der Waals surface area contributed by atoms with E-state index < -0.39 is 0 Å². The van der Waals surface area contributed by atoms with Crippen molar-refractivity contribution >= 4 is 43.9 Å². The summed E-state index contributed by atoms with van der Waals surface area (Å²) in [7, 11) is 0. The average molecular weight is 316 g/mol. The molecule has 0 aliphatic rings. The van der Waals surface area contributed by atoms with Gasteiger partial charge in [-0.2, -0.15) is 0 Å². The van der Waals surface area contributed by atoms with Crippen molar-refractivity contribution in [3.63, 3.8) is 0 Å². The lowest BCUT2D eigenvalue weighted by Gasteiger charge is -2.01. The van der Waals surface area contributed by atoms with Crippen molar-refractivity contribution in [1.82, 2.24) is 4.98 Å². The maximum absolute atomic E-state index is 12.3. The molecule has 1 amide bonds. The molecule has 3 aromatic rings. The Morgan fingerprint density at radius 1 is 1.33 bits per heavy atom. The molecule has 1 N–H and O–H groups in total. The summed E-state index contributed by atoms with van der Waals surface area (Å²) in [5.41, 5.74) is 4.42. The van der Waals surface area contributed by atoms with E-state index in [1.165, 1.54) is 28.2 Å². The highest BCUT2D eigenvalue weighted by atomic mass is 32.1. The van der Waals surface area contributed by atoms with Gasteiger partial charge in [-0.3, -0.25) is 10.1 Å². The third kappa shape index (κ3) is 2.71. The number of carbonyl (C=O) groups is 1. The van der Waals surface area contributed by atoms with E-state index in [0.717, 1.165) is 32.6 Å². The topological polar surface area (TPSA) is 42.0 Å². The van der Waals surface area contributed by atoms with E-state index in [-0.39, 0.29) is 5.91 Å². The van der Waals surface area contributed by atoms with Crippen LogP contribution in [0, 0.1) is 13.8 Å². The Hall–Kier alpha value is -1.72. The first kappa shape index (κ1) is 14.2. The minimum absolute atomic E-state index is 0.0599. The first-order valence-corrected chi connectivity index (χ1v) is 8.53. The minimum Gasteiger partial charge on any atom is -0.297 e. The number of thiophene rings is 1. The van der Waals surface area contributed by atoms with E-state index in [1.807, 2.05) is 11.4 Å². The maximum Gasteiger partial charge on any atom is 0.267 e. The van der Waals surface area contributed by atoms with E-state index in [2.05, 4.69) is 43.2 Å². The van der Waals surface area contributed by atoms with E-state index in [9.17, 15) is 4.79 Å². The van der Waals surface area contributed by atoms with Gasteiger partial charge in [0.2, 0.25) is 0 Å². The van der Waals surface area contributed by atoms with Crippen LogP contribution < -0.4 is 5.32 Å².